The van der Waals surface area contributed by atoms with E-state index >= 15 is 0 Å². The lowest BCUT2D eigenvalue weighted by molar-refractivity contribution is 0.0939. The molecular formula is C22H20N4OS. The lowest BCUT2D eigenvalue weighted by Crippen LogP contribution is -2.27. The van der Waals surface area contributed by atoms with Gasteiger partial charge in [0.25, 0.3) is 5.91 Å². The van der Waals surface area contributed by atoms with Gasteiger partial charge in [0.15, 0.2) is 0 Å². The number of carbonyl (C=O) groups is 1. The van der Waals surface area contributed by atoms with Crippen LogP contribution in [-0.4, -0.2) is 20.7 Å². The molecule has 0 bridgehead atoms. The summed E-state index contributed by atoms with van der Waals surface area (Å²) in [5.74, 6) is -0.152. The van der Waals surface area contributed by atoms with Gasteiger partial charge in [-0.25, -0.2) is 0 Å². The quantitative estimate of drug-likeness (QED) is 0.527. The standard InChI is InChI=1S/C22H20N4OS/c1-16(19-10-5-6-12-23-19)24-22(27)18-15-26(14-17-8-3-2-4-9-17)25-21(18)20-11-7-13-28-20/h2-13,15-16H,14H2,1H3,(H,24,27)/t16-/m0/s1. The predicted molar refractivity (Wildman–Crippen MR) is 111 cm³/mol. The number of thiophene rings is 1. The highest BCUT2D eigenvalue weighted by molar-refractivity contribution is 7.13. The van der Waals surface area contributed by atoms with Gasteiger partial charge in [-0.1, -0.05) is 42.5 Å². The predicted octanol–water partition coefficient (Wildman–Crippen LogP) is 4.55. The molecule has 0 saturated heterocycles. The highest BCUT2D eigenvalue weighted by atomic mass is 32.1. The van der Waals surface area contributed by atoms with Gasteiger partial charge in [0.2, 0.25) is 0 Å². The monoisotopic (exact) mass is 388 g/mol. The third-order valence-corrected chi connectivity index (χ3v) is 5.30. The largest absolute Gasteiger partial charge is 0.344 e. The summed E-state index contributed by atoms with van der Waals surface area (Å²) < 4.78 is 1.82. The van der Waals surface area contributed by atoms with Crippen LogP contribution in [0.25, 0.3) is 10.6 Å². The number of nitrogens with zero attached hydrogens (tertiary/aromatic N) is 3. The molecule has 0 aliphatic carbocycles. The minimum atomic E-state index is -0.192. The van der Waals surface area contributed by atoms with Gasteiger partial charge >= 0.3 is 0 Å². The first-order chi connectivity index (χ1) is 13.7. The van der Waals surface area contributed by atoms with Crippen LogP contribution in [0, 0.1) is 0 Å². The Morgan fingerprint density at radius 1 is 1.11 bits per heavy atom. The molecule has 0 unspecified atom stereocenters. The number of hydrogen-bond acceptors (Lipinski definition) is 4. The van der Waals surface area contributed by atoms with Gasteiger partial charge in [-0.05, 0) is 36.1 Å². The van der Waals surface area contributed by atoms with Crippen molar-refractivity contribution in [3.05, 3.63) is 95.3 Å². The summed E-state index contributed by atoms with van der Waals surface area (Å²) in [6.07, 6.45) is 3.55. The molecule has 0 aliphatic rings. The van der Waals surface area contributed by atoms with Crippen LogP contribution in [0.5, 0.6) is 0 Å². The van der Waals surface area contributed by atoms with E-state index in [-0.39, 0.29) is 11.9 Å². The number of benzene rings is 1. The van der Waals surface area contributed by atoms with E-state index in [9.17, 15) is 4.79 Å². The van der Waals surface area contributed by atoms with E-state index in [1.165, 1.54) is 0 Å². The number of pyridine rings is 1. The first kappa shape index (κ1) is 18.1. The first-order valence-electron chi connectivity index (χ1n) is 9.08. The van der Waals surface area contributed by atoms with Crippen LogP contribution in [0.1, 0.15) is 34.6 Å². The number of carbonyl (C=O) groups excluding carboxylic acids is 1. The molecule has 28 heavy (non-hydrogen) atoms. The summed E-state index contributed by atoms with van der Waals surface area (Å²) >= 11 is 1.57. The smallest absolute Gasteiger partial charge is 0.255 e. The molecule has 5 nitrogen and oxygen atoms in total. The van der Waals surface area contributed by atoms with E-state index in [4.69, 9.17) is 5.10 Å². The minimum Gasteiger partial charge on any atom is -0.344 e. The molecule has 4 aromatic rings. The molecule has 0 radical (unpaired) electrons. The zero-order chi connectivity index (χ0) is 19.3. The Morgan fingerprint density at radius 3 is 2.64 bits per heavy atom. The van der Waals surface area contributed by atoms with Crippen LogP contribution in [-0.2, 0) is 6.54 Å². The average molecular weight is 388 g/mol. The summed E-state index contributed by atoms with van der Waals surface area (Å²) in [6, 6.07) is 19.5. The molecule has 0 saturated carbocycles. The van der Waals surface area contributed by atoms with Gasteiger partial charge in [-0.3, -0.25) is 14.5 Å². The summed E-state index contributed by atoms with van der Waals surface area (Å²) in [4.78, 5) is 18.3. The van der Waals surface area contributed by atoms with Crippen molar-refractivity contribution in [2.75, 3.05) is 0 Å². The number of aromatic nitrogens is 3. The Kier molecular flexibility index (Phi) is 5.30. The van der Waals surface area contributed by atoms with E-state index in [1.807, 2.05) is 71.7 Å². The van der Waals surface area contributed by atoms with E-state index in [1.54, 1.807) is 17.5 Å². The third kappa shape index (κ3) is 4.02. The van der Waals surface area contributed by atoms with Crippen molar-refractivity contribution in [2.24, 2.45) is 0 Å². The van der Waals surface area contributed by atoms with Crippen molar-refractivity contribution in [1.29, 1.82) is 0 Å². The lowest BCUT2D eigenvalue weighted by Gasteiger charge is -2.13. The van der Waals surface area contributed by atoms with Crippen molar-refractivity contribution in [3.8, 4) is 10.6 Å². The average Bonchev–Trinajstić information content (AvgIpc) is 3.39. The fraction of sp³-hybridized carbons (Fsp3) is 0.136. The molecule has 0 spiro atoms. The molecule has 140 valence electrons. The summed E-state index contributed by atoms with van der Waals surface area (Å²) in [7, 11) is 0. The molecule has 1 amide bonds. The second kappa shape index (κ2) is 8.19. The molecular weight excluding hydrogens is 368 g/mol. The maximum Gasteiger partial charge on any atom is 0.255 e. The maximum atomic E-state index is 13.0. The Balaban J connectivity index is 1.62. The van der Waals surface area contributed by atoms with Gasteiger partial charge in [-0.2, -0.15) is 5.10 Å². The van der Waals surface area contributed by atoms with Crippen molar-refractivity contribution >= 4 is 17.2 Å². The second-order valence-electron chi connectivity index (χ2n) is 6.50. The van der Waals surface area contributed by atoms with Crippen molar-refractivity contribution < 1.29 is 4.79 Å². The van der Waals surface area contributed by atoms with Crippen LogP contribution in [0.15, 0.2) is 78.4 Å². The topological polar surface area (TPSA) is 59.8 Å². The number of hydrogen-bond donors (Lipinski definition) is 1. The molecule has 0 aliphatic heterocycles. The first-order valence-corrected chi connectivity index (χ1v) is 9.96. The molecule has 1 atom stereocenters. The zero-order valence-electron chi connectivity index (χ0n) is 15.4. The van der Waals surface area contributed by atoms with Crippen LogP contribution in [0.4, 0.5) is 0 Å². The third-order valence-electron chi connectivity index (χ3n) is 4.43. The Bertz CT molecular complexity index is 1040. The maximum absolute atomic E-state index is 13.0. The highest BCUT2D eigenvalue weighted by Crippen LogP contribution is 2.27. The van der Waals surface area contributed by atoms with E-state index in [0.717, 1.165) is 16.1 Å². The van der Waals surface area contributed by atoms with E-state index in [0.29, 0.717) is 17.8 Å². The molecule has 3 heterocycles. The minimum absolute atomic E-state index is 0.152. The molecule has 3 aromatic heterocycles. The second-order valence-corrected chi connectivity index (χ2v) is 7.45. The van der Waals surface area contributed by atoms with Crippen LogP contribution in [0.2, 0.25) is 0 Å². The van der Waals surface area contributed by atoms with Crippen molar-refractivity contribution in [3.63, 3.8) is 0 Å². The lowest BCUT2D eigenvalue weighted by atomic mass is 10.1. The fourth-order valence-electron chi connectivity index (χ4n) is 3.01. The summed E-state index contributed by atoms with van der Waals surface area (Å²) in [5.41, 5.74) is 3.24. The molecule has 0 fully saturated rings. The SMILES string of the molecule is C[C@H](NC(=O)c1cn(Cc2ccccc2)nc1-c1cccs1)c1ccccn1. The summed E-state index contributed by atoms with van der Waals surface area (Å²) in [5, 5.41) is 9.73. The number of rotatable bonds is 6. The fourth-order valence-corrected chi connectivity index (χ4v) is 3.74. The molecule has 4 rings (SSSR count). The van der Waals surface area contributed by atoms with Crippen LogP contribution < -0.4 is 5.32 Å². The van der Waals surface area contributed by atoms with Gasteiger partial charge in [0.1, 0.15) is 5.69 Å². The Morgan fingerprint density at radius 2 is 1.93 bits per heavy atom. The Hall–Kier alpha value is -3.25. The van der Waals surface area contributed by atoms with Gasteiger partial charge in [-0.15, -0.1) is 11.3 Å². The highest BCUT2D eigenvalue weighted by Gasteiger charge is 2.21. The molecule has 1 N–H and O–H groups in total. The van der Waals surface area contributed by atoms with E-state index in [2.05, 4.69) is 22.4 Å². The van der Waals surface area contributed by atoms with E-state index < -0.39 is 0 Å². The van der Waals surface area contributed by atoms with Gasteiger partial charge in [0.05, 0.1) is 28.7 Å². The zero-order valence-corrected chi connectivity index (χ0v) is 16.3. The van der Waals surface area contributed by atoms with Gasteiger partial charge in [0, 0.05) is 12.4 Å². The van der Waals surface area contributed by atoms with Crippen molar-refractivity contribution in [2.45, 2.75) is 19.5 Å². The Labute approximate surface area is 167 Å². The number of amides is 1. The van der Waals surface area contributed by atoms with Crippen LogP contribution in [0.3, 0.4) is 0 Å². The normalized spacial score (nSPS) is 11.9. The van der Waals surface area contributed by atoms with Gasteiger partial charge < -0.3 is 5.32 Å². The molecule has 6 heteroatoms. The van der Waals surface area contributed by atoms with Crippen molar-refractivity contribution in [1.82, 2.24) is 20.1 Å². The van der Waals surface area contributed by atoms with Crippen LogP contribution >= 0.6 is 11.3 Å². The number of nitrogens with one attached hydrogen (secondary N) is 1. The molecule has 1 aromatic carbocycles. The summed E-state index contributed by atoms with van der Waals surface area (Å²) in [6.45, 7) is 2.54.